The Kier molecular flexibility index (Phi) is 13.5. The molecule has 0 aromatic carbocycles. The molecule has 0 amide bonds. The van der Waals surface area contributed by atoms with Gasteiger partial charge in [-0.3, -0.25) is 4.79 Å². The molecule has 0 rings (SSSR count). The quantitative estimate of drug-likeness (QED) is 0.256. The zero-order valence-corrected chi connectivity index (χ0v) is 16.6. The summed E-state index contributed by atoms with van der Waals surface area (Å²) >= 11 is 0. The SMILES string of the molecule is CCCCC(CC)COC(=O)CCCCCCCCC(C)(C)C. The standard InChI is InChI=1S/C21H42O2/c1-6-8-15-19(7-2)18-23-20(22)16-13-11-9-10-12-14-17-21(3,4)5/h19H,6-18H2,1-5H3. The number of ether oxygens (including phenoxy) is 1. The van der Waals surface area contributed by atoms with E-state index in [0.717, 1.165) is 19.3 Å². The molecule has 2 nitrogen and oxygen atoms in total. The zero-order valence-electron chi connectivity index (χ0n) is 16.6. The highest BCUT2D eigenvalue weighted by atomic mass is 16.5. The van der Waals surface area contributed by atoms with Crippen LogP contribution < -0.4 is 0 Å². The fourth-order valence-corrected chi connectivity index (χ4v) is 2.81. The van der Waals surface area contributed by atoms with E-state index in [-0.39, 0.29) is 5.97 Å². The molecular formula is C21H42O2. The molecule has 138 valence electrons. The second kappa shape index (κ2) is 13.9. The van der Waals surface area contributed by atoms with Crippen molar-refractivity contribution in [3.8, 4) is 0 Å². The van der Waals surface area contributed by atoms with Gasteiger partial charge in [-0.2, -0.15) is 0 Å². The third-order valence-electron chi connectivity index (χ3n) is 4.58. The maximum Gasteiger partial charge on any atom is 0.305 e. The molecule has 0 spiro atoms. The Morgan fingerprint density at radius 3 is 2.09 bits per heavy atom. The Hall–Kier alpha value is -0.530. The topological polar surface area (TPSA) is 26.3 Å². The summed E-state index contributed by atoms with van der Waals surface area (Å²) in [5, 5.41) is 0. The van der Waals surface area contributed by atoms with Crippen molar-refractivity contribution in [1.82, 2.24) is 0 Å². The lowest BCUT2D eigenvalue weighted by Crippen LogP contribution is -2.13. The van der Waals surface area contributed by atoms with Gasteiger partial charge in [0.1, 0.15) is 0 Å². The maximum atomic E-state index is 11.8. The summed E-state index contributed by atoms with van der Waals surface area (Å²) in [7, 11) is 0. The van der Waals surface area contributed by atoms with Crippen LogP contribution in [-0.2, 0) is 9.53 Å². The van der Waals surface area contributed by atoms with Crippen molar-refractivity contribution in [3.05, 3.63) is 0 Å². The summed E-state index contributed by atoms with van der Waals surface area (Å²) in [5.74, 6) is 0.564. The molecule has 2 heteroatoms. The average molecular weight is 327 g/mol. The summed E-state index contributed by atoms with van der Waals surface area (Å²) in [4.78, 5) is 11.8. The lowest BCUT2D eigenvalue weighted by molar-refractivity contribution is -0.145. The molecule has 1 unspecified atom stereocenters. The first kappa shape index (κ1) is 22.5. The van der Waals surface area contributed by atoms with E-state index in [2.05, 4.69) is 34.6 Å². The van der Waals surface area contributed by atoms with Crippen LogP contribution in [0, 0.1) is 11.3 Å². The van der Waals surface area contributed by atoms with E-state index in [1.165, 1.54) is 51.4 Å². The number of carbonyl (C=O) groups is 1. The summed E-state index contributed by atoms with van der Waals surface area (Å²) in [6.45, 7) is 12.0. The predicted molar refractivity (Wildman–Crippen MR) is 101 cm³/mol. The lowest BCUT2D eigenvalue weighted by Gasteiger charge is -2.17. The number of hydrogen-bond donors (Lipinski definition) is 0. The van der Waals surface area contributed by atoms with Crippen LogP contribution in [0.4, 0.5) is 0 Å². The van der Waals surface area contributed by atoms with Crippen molar-refractivity contribution >= 4 is 5.97 Å². The van der Waals surface area contributed by atoms with Gasteiger partial charge < -0.3 is 4.74 Å². The van der Waals surface area contributed by atoms with E-state index >= 15 is 0 Å². The van der Waals surface area contributed by atoms with Crippen LogP contribution in [0.15, 0.2) is 0 Å². The second-order valence-corrected chi connectivity index (χ2v) is 8.28. The maximum absolute atomic E-state index is 11.8. The molecule has 0 N–H and O–H groups in total. The highest BCUT2D eigenvalue weighted by Gasteiger charge is 2.10. The minimum Gasteiger partial charge on any atom is -0.465 e. The third kappa shape index (κ3) is 16.1. The number of unbranched alkanes of at least 4 members (excludes halogenated alkanes) is 6. The zero-order chi connectivity index (χ0) is 17.6. The molecule has 0 fully saturated rings. The highest BCUT2D eigenvalue weighted by Crippen LogP contribution is 2.22. The van der Waals surface area contributed by atoms with E-state index in [1.807, 2.05) is 0 Å². The largest absolute Gasteiger partial charge is 0.465 e. The Morgan fingerprint density at radius 2 is 1.52 bits per heavy atom. The lowest BCUT2D eigenvalue weighted by atomic mass is 9.89. The molecule has 0 radical (unpaired) electrons. The fraction of sp³-hybridized carbons (Fsp3) is 0.952. The van der Waals surface area contributed by atoms with Gasteiger partial charge in [-0.1, -0.05) is 86.0 Å². The van der Waals surface area contributed by atoms with E-state index in [4.69, 9.17) is 4.74 Å². The summed E-state index contributed by atoms with van der Waals surface area (Å²) in [6.07, 6.45) is 14.1. The Balaban J connectivity index is 3.46. The van der Waals surface area contributed by atoms with Gasteiger partial charge in [0, 0.05) is 6.42 Å². The van der Waals surface area contributed by atoms with Crippen molar-refractivity contribution in [2.45, 2.75) is 112 Å². The van der Waals surface area contributed by atoms with Crippen LogP contribution >= 0.6 is 0 Å². The molecule has 0 aromatic heterocycles. The van der Waals surface area contributed by atoms with Crippen LogP contribution in [-0.4, -0.2) is 12.6 Å². The normalized spacial score (nSPS) is 13.1. The smallest absolute Gasteiger partial charge is 0.305 e. The van der Waals surface area contributed by atoms with E-state index in [9.17, 15) is 4.79 Å². The van der Waals surface area contributed by atoms with Crippen molar-refractivity contribution in [3.63, 3.8) is 0 Å². The number of carbonyl (C=O) groups excluding carboxylic acids is 1. The Morgan fingerprint density at radius 1 is 0.913 bits per heavy atom. The minimum atomic E-state index is 0.00711. The second-order valence-electron chi connectivity index (χ2n) is 8.28. The van der Waals surface area contributed by atoms with Crippen molar-refractivity contribution in [1.29, 1.82) is 0 Å². The first-order chi connectivity index (χ1) is 10.9. The van der Waals surface area contributed by atoms with Gasteiger partial charge in [-0.25, -0.2) is 0 Å². The number of esters is 1. The third-order valence-corrected chi connectivity index (χ3v) is 4.58. The molecule has 1 atom stereocenters. The number of hydrogen-bond acceptors (Lipinski definition) is 2. The predicted octanol–water partition coefficient (Wildman–Crippen LogP) is 6.91. The van der Waals surface area contributed by atoms with Gasteiger partial charge in [0.15, 0.2) is 0 Å². The van der Waals surface area contributed by atoms with Crippen molar-refractivity contribution < 1.29 is 9.53 Å². The van der Waals surface area contributed by atoms with Crippen LogP contribution in [0.2, 0.25) is 0 Å². The van der Waals surface area contributed by atoms with Gasteiger partial charge in [0.05, 0.1) is 6.61 Å². The van der Waals surface area contributed by atoms with Crippen LogP contribution in [0.3, 0.4) is 0 Å². The minimum absolute atomic E-state index is 0.00711. The van der Waals surface area contributed by atoms with Gasteiger partial charge in [-0.15, -0.1) is 0 Å². The van der Waals surface area contributed by atoms with Gasteiger partial charge in [0.2, 0.25) is 0 Å². The average Bonchev–Trinajstić information content (AvgIpc) is 2.49. The van der Waals surface area contributed by atoms with E-state index in [0.29, 0.717) is 24.4 Å². The monoisotopic (exact) mass is 326 g/mol. The Labute approximate surface area is 145 Å². The van der Waals surface area contributed by atoms with Crippen molar-refractivity contribution in [2.24, 2.45) is 11.3 Å². The molecule has 0 aliphatic heterocycles. The molecule has 0 aliphatic rings. The molecule has 0 saturated carbocycles. The van der Waals surface area contributed by atoms with E-state index in [1.54, 1.807) is 0 Å². The molecule has 0 aliphatic carbocycles. The van der Waals surface area contributed by atoms with E-state index < -0.39 is 0 Å². The van der Waals surface area contributed by atoms with Crippen LogP contribution in [0.5, 0.6) is 0 Å². The van der Waals surface area contributed by atoms with Gasteiger partial charge in [0.25, 0.3) is 0 Å². The molecule has 0 aromatic rings. The van der Waals surface area contributed by atoms with Gasteiger partial charge in [-0.05, 0) is 30.6 Å². The fourth-order valence-electron chi connectivity index (χ4n) is 2.81. The Bertz CT molecular complexity index is 278. The first-order valence-corrected chi connectivity index (χ1v) is 10.0. The highest BCUT2D eigenvalue weighted by molar-refractivity contribution is 5.69. The van der Waals surface area contributed by atoms with Gasteiger partial charge >= 0.3 is 5.97 Å². The summed E-state index contributed by atoms with van der Waals surface area (Å²) in [5.41, 5.74) is 0.469. The van der Waals surface area contributed by atoms with Crippen LogP contribution in [0.1, 0.15) is 112 Å². The summed E-state index contributed by atoms with van der Waals surface area (Å²) < 4.78 is 5.44. The summed E-state index contributed by atoms with van der Waals surface area (Å²) in [6, 6.07) is 0. The molecule has 23 heavy (non-hydrogen) atoms. The first-order valence-electron chi connectivity index (χ1n) is 10.0. The van der Waals surface area contributed by atoms with Crippen LogP contribution in [0.25, 0.3) is 0 Å². The van der Waals surface area contributed by atoms with Crippen molar-refractivity contribution in [2.75, 3.05) is 6.61 Å². The molecule has 0 heterocycles. The molecule has 0 saturated heterocycles. The molecule has 0 bridgehead atoms. The number of rotatable bonds is 14. The molecular weight excluding hydrogens is 284 g/mol.